The maximum absolute atomic E-state index is 11.2. The predicted molar refractivity (Wildman–Crippen MR) is 101 cm³/mol. The van der Waals surface area contributed by atoms with Crippen LogP contribution in [-0.4, -0.2) is 4.92 Å². The molecule has 2 aromatic carbocycles. The van der Waals surface area contributed by atoms with E-state index in [2.05, 4.69) is 17.5 Å². The molecule has 7 heteroatoms. The van der Waals surface area contributed by atoms with Crippen molar-refractivity contribution in [3.05, 3.63) is 78.8 Å². The summed E-state index contributed by atoms with van der Waals surface area (Å²) in [5.41, 5.74) is 2.65. The van der Waals surface area contributed by atoms with Gasteiger partial charge in [-0.2, -0.15) is 0 Å². The highest BCUT2D eigenvalue weighted by Crippen LogP contribution is 2.52. The second kappa shape index (κ2) is 6.20. The Bertz CT molecular complexity index is 913. The maximum Gasteiger partial charge on any atom is 0.288 e. The Morgan fingerprint density at radius 1 is 1.12 bits per heavy atom. The molecule has 0 spiro atoms. The van der Waals surface area contributed by atoms with Crippen molar-refractivity contribution in [2.75, 3.05) is 5.32 Å². The number of nitrogens with zero attached hydrogens (tertiary/aromatic N) is 1. The third-order valence-corrected chi connectivity index (χ3v) is 5.76. The highest BCUT2D eigenvalue weighted by atomic mass is 35.5. The lowest BCUT2D eigenvalue weighted by Gasteiger charge is -2.38. The van der Waals surface area contributed by atoms with Crippen LogP contribution in [-0.2, 0) is 0 Å². The van der Waals surface area contributed by atoms with Gasteiger partial charge >= 0.3 is 0 Å². The molecule has 1 heterocycles. The molecule has 25 heavy (non-hydrogen) atoms. The Balaban J connectivity index is 1.82. The molecule has 4 rings (SSSR count). The summed E-state index contributed by atoms with van der Waals surface area (Å²) in [5.74, 6) is 0.382. The van der Waals surface area contributed by atoms with Crippen LogP contribution < -0.4 is 5.32 Å². The number of hydrogen-bond acceptors (Lipinski definition) is 3. The van der Waals surface area contributed by atoms with Crippen LogP contribution in [0.25, 0.3) is 0 Å². The van der Waals surface area contributed by atoms with Crippen LogP contribution in [0.2, 0.25) is 15.1 Å². The second-order valence-corrected chi connectivity index (χ2v) is 7.54. The fourth-order valence-electron chi connectivity index (χ4n) is 3.84. The largest absolute Gasteiger partial charge is 0.378 e. The molecule has 128 valence electrons. The minimum atomic E-state index is -0.458. The van der Waals surface area contributed by atoms with E-state index in [1.165, 1.54) is 0 Å². The molecule has 1 aliphatic carbocycles. The van der Waals surface area contributed by atoms with Crippen molar-refractivity contribution in [2.24, 2.45) is 5.92 Å². The summed E-state index contributed by atoms with van der Waals surface area (Å²) in [7, 11) is 0. The standard InChI is InChI=1S/C18H13Cl3N2O2/c19-10-7-14(21)17-11-2-1-3-12(11)18(22-15(17)8-10)9-4-5-13(20)16(6-9)23(24)25/h1-2,4-8,11-12,18,22H,3H2. The fraction of sp³-hybridized carbons (Fsp3) is 0.222. The Hall–Kier alpha value is -1.75. The van der Waals surface area contributed by atoms with Gasteiger partial charge in [-0.15, -0.1) is 0 Å². The molecule has 4 nitrogen and oxygen atoms in total. The molecule has 0 bridgehead atoms. The highest BCUT2D eigenvalue weighted by Gasteiger charge is 2.39. The van der Waals surface area contributed by atoms with Crippen LogP contribution in [0.4, 0.5) is 11.4 Å². The van der Waals surface area contributed by atoms with Crippen molar-refractivity contribution in [3.8, 4) is 0 Å². The summed E-state index contributed by atoms with van der Waals surface area (Å²) in [6, 6.07) is 8.47. The van der Waals surface area contributed by atoms with E-state index in [1.54, 1.807) is 18.2 Å². The zero-order valence-electron chi connectivity index (χ0n) is 12.9. The Labute approximate surface area is 159 Å². The summed E-state index contributed by atoms with van der Waals surface area (Å²) in [6.07, 6.45) is 5.16. The average molecular weight is 396 g/mol. The number of nitro groups is 1. The van der Waals surface area contributed by atoms with E-state index in [-0.39, 0.29) is 28.6 Å². The summed E-state index contributed by atoms with van der Waals surface area (Å²) >= 11 is 18.5. The first-order valence-electron chi connectivity index (χ1n) is 7.81. The van der Waals surface area contributed by atoms with Gasteiger partial charge in [0.25, 0.3) is 5.69 Å². The molecule has 3 unspecified atom stereocenters. The maximum atomic E-state index is 11.2. The van der Waals surface area contributed by atoms with Gasteiger partial charge in [-0.05, 0) is 36.1 Å². The van der Waals surface area contributed by atoms with E-state index in [4.69, 9.17) is 34.8 Å². The van der Waals surface area contributed by atoms with E-state index in [0.717, 1.165) is 23.2 Å². The molecule has 0 amide bonds. The molecule has 1 N–H and O–H groups in total. The third kappa shape index (κ3) is 2.78. The zero-order valence-corrected chi connectivity index (χ0v) is 15.1. The minimum Gasteiger partial charge on any atom is -0.378 e. The smallest absolute Gasteiger partial charge is 0.288 e. The van der Waals surface area contributed by atoms with Gasteiger partial charge in [0, 0.05) is 33.3 Å². The van der Waals surface area contributed by atoms with Crippen LogP contribution in [0.5, 0.6) is 0 Å². The number of rotatable bonds is 2. The molecule has 0 saturated carbocycles. The molecular formula is C18H13Cl3N2O2. The first-order chi connectivity index (χ1) is 12.0. The minimum absolute atomic E-state index is 0.0848. The summed E-state index contributed by atoms with van der Waals surface area (Å²) in [4.78, 5) is 10.8. The number of anilines is 1. The molecule has 0 radical (unpaired) electrons. The first kappa shape index (κ1) is 16.7. The topological polar surface area (TPSA) is 55.2 Å². The van der Waals surface area contributed by atoms with Crippen molar-refractivity contribution in [1.82, 2.24) is 0 Å². The molecule has 2 aromatic rings. The molecule has 3 atom stereocenters. The SMILES string of the molecule is O=[N+]([O-])c1cc(C2Nc3cc(Cl)cc(Cl)c3C3C=CCC32)ccc1Cl. The average Bonchev–Trinajstić information content (AvgIpc) is 3.03. The predicted octanol–water partition coefficient (Wildman–Crippen LogP) is 6.38. The first-order valence-corrected chi connectivity index (χ1v) is 8.95. The summed E-state index contributed by atoms with van der Waals surface area (Å²) in [5, 5.41) is 16.0. The number of nitro benzene ring substituents is 1. The summed E-state index contributed by atoms with van der Waals surface area (Å²) in [6.45, 7) is 0. The van der Waals surface area contributed by atoms with Gasteiger partial charge in [0.1, 0.15) is 5.02 Å². The number of hydrogen-bond donors (Lipinski definition) is 1. The van der Waals surface area contributed by atoms with Crippen LogP contribution in [0.1, 0.15) is 29.5 Å². The van der Waals surface area contributed by atoms with Gasteiger partial charge in [-0.3, -0.25) is 10.1 Å². The van der Waals surface area contributed by atoms with E-state index in [0.29, 0.717) is 10.0 Å². The summed E-state index contributed by atoms with van der Waals surface area (Å²) < 4.78 is 0. The number of halogens is 3. The van der Waals surface area contributed by atoms with Crippen LogP contribution in [0.15, 0.2) is 42.5 Å². The van der Waals surface area contributed by atoms with Gasteiger partial charge in [-0.1, -0.05) is 53.0 Å². The molecule has 1 aliphatic heterocycles. The lowest BCUT2D eigenvalue weighted by atomic mass is 9.77. The van der Waals surface area contributed by atoms with E-state index in [1.807, 2.05) is 12.1 Å². The Morgan fingerprint density at radius 2 is 1.92 bits per heavy atom. The number of fused-ring (bicyclic) bond motifs is 3. The second-order valence-electron chi connectivity index (χ2n) is 6.29. The molecule has 0 saturated heterocycles. The van der Waals surface area contributed by atoms with E-state index in [9.17, 15) is 10.1 Å². The van der Waals surface area contributed by atoms with E-state index >= 15 is 0 Å². The quantitative estimate of drug-likeness (QED) is 0.364. The molecule has 0 fully saturated rings. The van der Waals surface area contributed by atoms with Crippen molar-refractivity contribution >= 4 is 46.2 Å². The van der Waals surface area contributed by atoms with Gasteiger partial charge in [0.15, 0.2) is 0 Å². The van der Waals surface area contributed by atoms with Gasteiger partial charge in [0.2, 0.25) is 0 Å². The van der Waals surface area contributed by atoms with Crippen LogP contribution >= 0.6 is 34.8 Å². The molecule has 0 aromatic heterocycles. The number of allylic oxidation sites excluding steroid dienone is 2. The molecular weight excluding hydrogens is 383 g/mol. The Morgan fingerprint density at radius 3 is 2.68 bits per heavy atom. The lowest BCUT2D eigenvalue weighted by molar-refractivity contribution is -0.384. The third-order valence-electron chi connectivity index (χ3n) is 4.91. The lowest BCUT2D eigenvalue weighted by Crippen LogP contribution is -2.29. The Kier molecular flexibility index (Phi) is 4.14. The normalized spacial score (nSPS) is 23.7. The van der Waals surface area contributed by atoms with Crippen LogP contribution in [0, 0.1) is 16.0 Å². The monoisotopic (exact) mass is 394 g/mol. The van der Waals surface area contributed by atoms with Crippen molar-refractivity contribution in [3.63, 3.8) is 0 Å². The fourth-order valence-corrected chi connectivity index (χ4v) is 4.64. The zero-order chi connectivity index (χ0) is 17.7. The van der Waals surface area contributed by atoms with Crippen LogP contribution in [0.3, 0.4) is 0 Å². The van der Waals surface area contributed by atoms with Crippen molar-refractivity contribution in [2.45, 2.75) is 18.4 Å². The highest BCUT2D eigenvalue weighted by molar-refractivity contribution is 6.35. The molecule has 2 aliphatic rings. The number of benzene rings is 2. The van der Waals surface area contributed by atoms with Crippen molar-refractivity contribution < 1.29 is 4.92 Å². The number of nitrogens with one attached hydrogen (secondary N) is 1. The van der Waals surface area contributed by atoms with Crippen molar-refractivity contribution in [1.29, 1.82) is 0 Å². The van der Waals surface area contributed by atoms with Gasteiger partial charge in [0.05, 0.1) is 11.0 Å². The van der Waals surface area contributed by atoms with Gasteiger partial charge < -0.3 is 5.32 Å². The van der Waals surface area contributed by atoms with E-state index < -0.39 is 4.92 Å². The van der Waals surface area contributed by atoms with Gasteiger partial charge in [-0.25, -0.2) is 0 Å².